The SMILES string of the molecule is O=C(O)c1ccc(N2CCC3CCCCC3C2)c(F)c1. The standard InChI is InChI=1S/C16H20FNO2/c17-14-9-12(16(19)20)5-6-15(14)18-8-7-11-3-1-2-4-13(11)10-18/h5-6,9,11,13H,1-4,7-8,10H2,(H,19,20). The van der Waals surface area contributed by atoms with Crippen LogP contribution in [0.4, 0.5) is 10.1 Å². The minimum Gasteiger partial charge on any atom is -0.478 e. The van der Waals surface area contributed by atoms with Gasteiger partial charge in [-0.25, -0.2) is 9.18 Å². The minimum absolute atomic E-state index is 0.0128. The lowest BCUT2D eigenvalue weighted by Crippen LogP contribution is -2.42. The average Bonchev–Trinajstić information content (AvgIpc) is 2.46. The molecule has 20 heavy (non-hydrogen) atoms. The van der Waals surface area contributed by atoms with Crippen molar-refractivity contribution in [3.05, 3.63) is 29.6 Å². The molecule has 1 aromatic carbocycles. The Balaban J connectivity index is 1.78. The van der Waals surface area contributed by atoms with Gasteiger partial charge in [-0.05, 0) is 42.9 Å². The highest BCUT2D eigenvalue weighted by Crippen LogP contribution is 2.38. The van der Waals surface area contributed by atoms with Crippen LogP contribution in [-0.2, 0) is 0 Å². The molecule has 1 aliphatic carbocycles. The number of carbonyl (C=O) groups is 1. The molecule has 3 nitrogen and oxygen atoms in total. The lowest BCUT2D eigenvalue weighted by atomic mass is 9.75. The van der Waals surface area contributed by atoms with Crippen LogP contribution in [0, 0.1) is 17.7 Å². The van der Waals surface area contributed by atoms with Gasteiger partial charge in [0, 0.05) is 13.1 Å². The highest BCUT2D eigenvalue weighted by Gasteiger charge is 2.31. The van der Waals surface area contributed by atoms with Crippen molar-refractivity contribution in [3.8, 4) is 0 Å². The van der Waals surface area contributed by atoms with E-state index in [1.165, 1.54) is 31.7 Å². The Morgan fingerprint density at radius 2 is 1.95 bits per heavy atom. The van der Waals surface area contributed by atoms with Crippen molar-refractivity contribution in [1.29, 1.82) is 0 Å². The largest absolute Gasteiger partial charge is 0.478 e. The summed E-state index contributed by atoms with van der Waals surface area (Å²) < 4.78 is 14.1. The lowest BCUT2D eigenvalue weighted by molar-refractivity contribution is 0.0696. The second-order valence-electron chi connectivity index (χ2n) is 6.01. The summed E-state index contributed by atoms with van der Waals surface area (Å²) in [7, 11) is 0. The summed E-state index contributed by atoms with van der Waals surface area (Å²) in [5.74, 6) is -0.0157. The summed E-state index contributed by atoms with van der Waals surface area (Å²) in [4.78, 5) is 12.9. The third-order valence-corrected chi connectivity index (χ3v) is 4.83. The van der Waals surface area contributed by atoms with E-state index >= 15 is 0 Å². The average molecular weight is 277 g/mol. The number of benzene rings is 1. The molecule has 108 valence electrons. The van der Waals surface area contributed by atoms with Crippen molar-refractivity contribution in [2.45, 2.75) is 32.1 Å². The number of hydrogen-bond donors (Lipinski definition) is 1. The molecule has 1 saturated carbocycles. The number of carboxylic acids is 1. The summed E-state index contributed by atoms with van der Waals surface area (Å²) in [5, 5.41) is 8.88. The summed E-state index contributed by atoms with van der Waals surface area (Å²) in [6.07, 6.45) is 6.32. The maximum absolute atomic E-state index is 14.1. The monoisotopic (exact) mass is 277 g/mol. The van der Waals surface area contributed by atoms with Gasteiger partial charge in [0.05, 0.1) is 11.3 Å². The Bertz CT molecular complexity index is 517. The molecule has 1 aromatic rings. The van der Waals surface area contributed by atoms with Crippen LogP contribution in [0.15, 0.2) is 18.2 Å². The van der Waals surface area contributed by atoms with Gasteiger partial charge in [-0.3, -0.25) is 0 Å². The quantitative estimate of drug-likeness (QED) is 0.899. The smallest absolute Gasteiger partial charge is 0.335 e. The van der Waals surface area contributed by atoms with Crippen LogP contribution < -0.4 is 4.90 Å². The molecular formula is C16H20FNO2. The fraction of sp³-hybridized carbons (Fsp3) is 0.562. The van der Waals surface area contributed by atoms with E-state index in [2.05, 4.69) is 4.90 Å². The molecule has 1 aliphatic heterocycles. The number of anilines is 1. The lowest BCUT2D eigenvalue weighted by Gasteiger charge is -2.42. The van der Waals surface area contributed by atoms with E-state index in [1.807, 2.05) is 0 Å². The molecule has 0 bridgehead atoms. The highest BCUT2D eigenvalue weighted by atomic mass is 19.1. The molecule has 2 aliphatic rings. The van der Waals surface area contributed by atoms with Crippen molar-refractivity contribution in [2.75, 3.05) is 18.0 Å². The number of hydrogen-bond acceptors (Lipinski definition) is 2. The predicted molar refractivity (Wildman–Crippen MR) is 75.6 cm³/mol. The molecule has 0 amide bonds. The summed E-state index contributed by atoms with van der Waals surface area (Å²) in [6, 6.07) is 4.24. The van der Waals surface area contributed by atoms with Crippen molar-refractivity contribution in [1.82, 2.24) is 0 Å². The van der Waals surface area contributed by atoms with E-state index in [4.69, 9.17) is 5.11 Å². The fourth-order valence-corrected chi connectivity index (χ4v) is 3.72. The molecule has 3 rings (SSSR count). The van der Waals surface area contributed by atoms with Gasteiger partial charge in [-0.1, -0.05) is 19.3 Å². The molecule has 0 spiro atoms. The molecule has 2 fully saturated rings. The van der Waals surface area contributed by atoms with E-state index in [0.29, 0.717) is 11.6 Å². The zero-order valence-electron chi connectivity index (χ0n) is 11.5. The van der Waals surface area contributed by atoms with Crippen LogP contribution in [0.2, 0.25) is 0 Å². The van der Waals surface area contributed by atoms with Crippen LogP contribution in [0.1, 0.15) is 42.5 Å². The zero-order chi connectivity index (χ0) is 14.1. The van der Waals surface area contributed by atoms with E-state index < -0.39 is 11.8 Å². The summed E-state index contributed by atoms with van der Waals surface area (Å²) >= 11 is 0. The summed E-state index contributed by atoms with van der Waals surface area (Å²) in [6.45, 7) is 1.79. The second-order valence-corrected chi connectivity index (χ2v) is 6.01. The number of fused-ring (bicyclic) bond motifs is 1. The van der Waals surface area contributed by atoms with Crippen molar-refractivity contribution >= 4 is 11.7 Å². The van der Waals surface area contributed by atoms with Crippen LogP contribution in [0.25, 0.3) is 0 Å². The Hall–Kier alpha value is -1.58. The number of aromatic carboxylic acids is 1. The number of halogens is 1. The van der Waals surface area contributed by atoms with Crippen molar-refractivity contribution < 1.29 is 14.3 Å². The van der Waals surface area contributed by atoms with Crippen molar-refractivity contribution in [3.63, 3.8) is 0 Å². The zero-order valence-corrected chi connectivity index (χ0v) is 11.5. The summed E-state index contributed by atoms with van der Waals surface area (Å²) in [5.41, 5.74) is 0.567. The van der Waals surface area contributed by atoms with Crippen LogP contribution in [0.5, 0.6) is 0 Å². The minimum atomic E-state index is -1.08. The number of rotatable bonds is 2. The number of nitrogens with zero attached hydrogens (tertiary/aromatic N) is 1. The maximum atomic E-state index is 14.1. The number of carboxylic acid groups (broad SMARTS) is 1. The van der Waals surface area contributed by atoms with Crippen LogP contribution >= 0.6 is 0 Å². The van der Waals surface area contributed by atoms with Gasteiger partial charge in [0.15, 0.2) is 0 Å². The molecule has 2 unspecified atom stereocenters. The Labute approximate surface area is 118 Å². The molecule has 2 atom stereocenters. The Morgan fingerprint density at radius 1 is 1.20 bits per heavy atom. The van der Waals surface area contributed by atoms with Gasteiger partial charge in [0.1, 0.15) is 5.82 Å². The first-order chi connectivity index (χ1) is 9.65. The van der Waals surface area contributed by atoms with Gasteiger partial charge < -0.3 is 10.0 Å². The molecule has 4 heteroatoms. The molecule has 0 aromatic heterocycles. The van der Waals surface area contributed by atoms with E-state index in [9.17, 15) is 9.18 Å². The molecule has 1 heterocycles. The van der Waals surface area contributed by atoms with E-state index in [1.54, 1.807) is 6.07 Å². The van der Waals surface area contributed by atoms with Gasteiger partial charge in [0.25, 0.3) is 0 Å². The second kappa shape index (κ2) is 5.43. The topological polar surface area (TPSA) is 40.5 Å². The normalized spacial score (nSPS) is 26.1. The Morgan fingerprint density at radius 3 is 2.65 bits per heavy atom. The number of piperidine rings is 1. The molecule has 0 radical (unpaired) electrons. The first-order valence-corrected chi connectivity index (χ1v) is 7.43. The Kier molecular flexibility index (Phi) is 3.64. The molecule has 1 saturated heterocycles. The highest BCUT2D eigenvalue weighted by molar-refractivity contribution is 5.88. The van der Waals surface area contributed by atoms with E-state index in [0.717, 1.165) is 31.5 Å². The first-order valence-electron chi connectivity index (χ1n) is 7.43. The van der Waals surface area contributed by atoms with Crippen LogP contribution in [-0.4, -0.2) is 24.2 Å². The van der Waals surface area contributed by atoms with Gasteiger partial charge >= 0.3 is 5.97 Å². The van der Waals surface area contributed by atoms with Crippen LogP contribution in [0.3, 0.4) is 0 Å². The van der Waals surface area contributed by atoms with E-state index in [-0.39, 0.29) is 5.56 Å². The van der Waals surface area contributed by atoms with Crippen molar-refractivity contribution in [2.24, 2.45) is 11.8 Å². The van der Waals surface area contributed by atoms with Gasteiger partial charge in [-0.15, -0.1) is 0 Å². The van der Waals surface area contributed by atoms with Gasteiger partial charge in [0.2, 0.25) is 0 Å². The fourth-order valence-electron chi connectivity index (χ4n) is 3.72. The first kappa shape index (κ1) is 13.4. The molecular weight excluding hydrogens is 257 g/mol. The maximum Gasteiger partial charge on any atom is 0.335 e. The third-order valence-electron chi connectivity index (χ3n) is 4.83. The molecule has 1 N–H and O–H groups in total. The third kappa shape index (κ3) is 2.51. The van der Waals surface area contributed by atoms with Gasteiger partial charge in [-0.2, -0.15) is 0 Å². The predicted octanol–water partition coefficient (Wildman–Crippen LogP) is 3.54.